The van der Waals surface area contributed by atoms with Crippen LogP contribution in [0.4, 0.5) is 4.39 Å². The summed E-state index contributed by atoms with van der Waals surface area (Å²) in [5, 5.41) is 12.5. The highest BCUT2D eigenvalue weighted by atomic mass is 79.9. The molecule has 0 saturated carbocycles. The molecule has 2 atom stereocenters. The molecule has 0 saturated heterocycles. The van der Waals surface area contributed by atoms with Gasteiger partial charge < -0.3 is 10.4 Å². The Bertz CT molecular complexity index is 344. The molecule has 0 fully saturated rings. The SMILES string of the molecule is CC(O)CC(C)NCc1cccc(F)c1Br. The monoisotopic (exact) mass is 289 g/mol. The average Bonchev–Trinajstić information content (AvgIpc) is 2.19. The molecule has 0 spiro atoms. The van der Waals surface area contributed by atoms with E-state index in [1.807, 2.05) is 13.0 Å². The zero-order valence-corrected chi connectivity index (χ0v) is 11.1. The summed E-state index contributed by atoms with van der Waals surface area (Å²) in [5.41, 5.74) is 0.887. The fourth-order valence-electron chi connectivity index (χ4n) is 1.56. The fraction of sp³-hybridized carbons (Fsp3) is 0.500. The van der Waals surface area contributed by atoms with Gasteiger partial charge in [0.05, 0.1) is 10.6 Å². The molecule has 0 radical (unpaired) electrons. The highest BCUT2D eigenvalue weighted by molar-refractivity contribution is 9.10. The van der Waals surface area contributed by atoms with E-state index in [1.165, 1.54) is 6.07 Å². The van der Waals surface area contributed by atoms with Crippen molar-refractivity contribution in [1.29, 1.82) is 0 Å². The van der Waals surface area contributed by atoms with Crippen LogP contribution >= 0.6 is 15.9 Å². The van der Waals surface area contributed by atoms with Crippen LogP contribution in [0.1, 0.15) is 25.8 Å². The van der Waals surface area contributed by atoms with E-state index in [9.17, 15) is 9.50 Å². The van der Waals surface area contributed by atoms with Crippen molar-refractivity contribution in [1.82, 2.24) is 5.32 Å². The normalized spacial score (nSPS) is 14.8. The van der Waals surface area contributed by atoms with E-state index in [1.54, 1.807) is 13.0 Å². The van der Waals surface area contributed by atoms with Crippen LogP contribution in [0.25, 0.3) is 0 Å². The Labute approximate surface area is 104 Å². The first-order valence-corrected chi connectivity index (χ1v) is 6.14. The molecule has 0 aromatic heterocycles. The molecule has 90 valence electrons. The molecule has 2 N–H and O–H groups in total. The van der Waals surface area contributed by atoms with Crippen molar-refractivity contribution in [3.05, 3.63) is 34.1 Å². The molecule has 4 heteroatoms. The number of hydrogen-bond acceptors (Lipinski definition) is 2. The summed E-state index contributed by atoms with van der Waals surface area (Å²) in [6.07, 6.45) is 0.367. The van der Waals surface area contributed by atoms with E-state index < -0.39 is 0 Å². The Morgan fingerprint density at radius 2 is 2.12 bits per heavy atom. The first-order valence-electron chi connectivity index (χ1n) is 5.35. The third kappa shape index (κ3) is 4.20. The number of nitrogens with one attached hydrogen (secondary N) is 1. The van der Waals surface area contributed by atoms with Crippen LogP contribution in [0, 0.1) is 5.82 Å². The number of aliphatic hydroxyl groups is 1. The van der Waals surface area contributed by atoms with Gasteiger partial charge in [-0.05, 0) is 47.8 Å². The summed E-state index contributed by atoms with van der Waals surface area (Å²) >= 11 is 3.22. The lowest BCUT2D eigenvalue weighted by Crippen LogP contribution is -2.28. The molecular formula is C12H17BrFNO. The first kappa shape index (κ1) is 13.6. The first-order chi connectivity index (χ1) is 7.50. The molecular weight excluding hydrogens is 273 g/mol. The van der Waals surface area contributed by atoms with Crippen molar-refractivity contribution in [3.8, 4) is 0 Å². The molecule has 0 bridgehead atoms. The predicted octanol–water partition coefficient (Wildman–Crippen LogP) is 2.84. The van der Waals surface area contributed by atoms with Gasteiger partial charge in [-0.25, -0.2) is 4.39 Å². The van der Waals surface area contributed by atoms with E-state index in [2.05, 4.69) is 21.2 Å². The van der Waals surface area contributed by atoms with E-state index in [-0.39, 0.29) is 18.0 Å². The van der Waals surface area contributed by atoms with Gasteiger partial charge in [0.1, 0.15) is 5.82 Å². The molecule has 16 heavy (non-hydrogen) atoms. The maximum atomic E-state index is 13.2. The number of halogens is 2. The van der Waals surface area contributed by atoms with Gasteiger partial charge in [0.25, 0.3) is 0 Å². The summed E-state index contributed by atoms with van der Waals surface area (Å²) in [5.74, 6) is -0.248. The molecule has 0 amide bonds. The lowest BCUT2D eigenvalue weighted by Gasteiger charge is -2.16. The minimum atomic E-state index is -0.321. The standard InChI is InChI=1S/C12H17BrFNO/c1-8(6-9(2)16)15-7-10-4-3-5-11(14)12(10)13/h3-5,8-9,15-16H,6-7H2,1-2H3. The van der Waals surface area contributed by atoms with E-state index in [0.717, 1.165) is 5.56 Å². The Hall–Kier alpha value is -0.450. The summed E-state index contributed by atoms with van der Waals surface area (Å²) in [6, 6.07) is 5.19. The predicted molar refractivity (Wildman–Crippen MR) is 66.7 cm³/mol. The van der Waals surface area contributed by atoms with Gasteiger partial charge in [-0.15, -0.1) is 0 Å². The van der Waals surface area contributed by atoms with Gasteiger partial charge >= 0.3 is 0 Å². The molecule has 1 aromatic rings. The summed E-state index contributed by atoms with van der Waals surface area (Å²) in [6.45, 7) is 4.35. The van der Waals surface area contributed by atoms with Crippen molar-refractivity contribution in [2.45, 2.75) is 39.0 Å². The number of rotatable bonds is 5. The van der Waals surface area contributed by atoms with Crippen molar-refractivity contribution in [2.24, 2.45) is 0 Å². The molecule has 2 unspecified atom stereocenters. The van der Waals surface area contributed by atoms with Crippen LogP contribution in [0.5, 0.6) is 0 Å². The van der Waals surface area contributed by atoms with Crippen LogP contribution in [0.2, 0.25) is 0 Å². The highest BCUT2D eigenvalue weighted by Gasteiger charge is 2.08. The Kier molecular flexibility index (Phi) is 5.38. The number of aliphatic hydroxyl groups excluding tert-OH is 1. The average molecular weight is 290 g/mol. The van der Waals surface area contributed by atoms with Gasteiger partial charge in [0, 0.05) is 12.6 Å². The summed E-state index contributed by atoms with van der Waals surface area (Å²) < 4.78 is 13.7. The van der Waals surface area contributed by atoms with E-state index in [4.69, 9.17) is 0 Å². The van der Waals surface area contributed by atoms with Gasteiger partial charge in [0.15, 0.2) is 0 Å². The van der Waals surface area contributed by atoms with E-state index in [0.29, 0.717) is 17.4 Å². The molecule has 0 aliphatic carbocycles. The number of hydrogen-bond donors (Lipinski definition) is 2. The fourth-order valence-corrected chi connectivity index (χ4v) is 1.97. The smallest absolute Gasteiger partial charge is 0.137 e. The zero-order valence-electron chi connectivity index (χ0n) is 9.50. The molecule has 1 aromatic carbocycles. The van der Waals surface area contributed by atoms with E-state index >= 15 is 0 Å². The maximum absolute atomic E-state index is 13.2. The lowest BCUT2D eigenvalue weighted by atomic mass is 10.1. The topological polar surface area (TPSA) is 32.3 Å². The Morgan fingerprint density at radius 1 is 1.44 bits per heavy atom. The molecule has 0 aliphatic rings. The van der Waals surface area contributed by atoms with Crippen LogP contribution in [-0.4, -0.2) is 17.3 Å². The van der Waals surface area contributed by atoms with Crippen molar-refractivity contribution < 1.29 is 9.50 Å². The highest BCUT2D eigenvalue weighted by Crippen LogP contribution is 2.20. The third-order valence-electron chi connectivity index (χ3n) is 2.37. The maximum Gasteiger partial charge on any atom is 0.137 e. The Morgan fingerprint density at radius 3 is 2.75 bits per heavy atom. The minimum absolute atomic E-state index is 0.204. The van der Waals surface area contributed by atoms with Crippen LogP contribution in [-0.2, 0) is 6.54 Å². The van der Waals surface area contributed by atoms with Crippen LogP contribution in [0.15, 0.2) is 22.7 Å². The zero-order chi connectivity index (χ0) is 12.1. The van der Waals surface area contributed by atoms with Crippen LogP contribution in [0.3, 0.4) is 0 Å². The second-order valence-corrected chi connectivity index (χ2v) is 4.87. The second-order valence-electron chi connectivity index (χ2n) is 4.08. The largest absolute Gasteiger partial charge is 0.393 e. The number of benzene rings is 1. The quantitative estimate of drug-likeness (QED) is 0.874. The third-order valence-corrected chi connectivity index (χ3v) is 3.26. The van der Waals surface area contributed by atoms with Crippen molar-refractivity contribution >= 4 is 15.9 Å². The molecule has 2 nitrogen and oxygen atoms in total. The van der Waals surface area contributed by atoms with Gasteiger partial charge in [-0.3, -0.25) is 0 Å². The molecule has 0 aliphatic heterocycles. The van der Waals surface area contributed by atoms with Crippen molar-refractivity contribution in [2.75, 3.05) is 0 Å². The molecule has 1 rings (SSSR count). The summed E-state index contributed by atoms with van der Waals surface area (Å²) in [4.78, 5) is 0. The van der Waals surface area contributed by atoms with Crippen molar-refractivity contribution in [3.63, 3.8) is 0 Å². The summed E-state index contributed by atoms with van der Waals surface area (Å²) in [7, 11) is 0. The Balaban J connectivity index is 2.51. The molecule has 0 heterocycles. The van der Waals surface area contributed by atoms with Gasteiger partial charge in [-0.2, -0.15) is 0 Å². The minimum Gasteiger partial charge on any atom is -0.393 e. The van der Waals surface area contributed by atoms with Gasteiger partial charge in [-0.1, -0.05) is 12.1 Å². The van der Waals surface area contributed by atoms with Gasteiger partial charge in [0.2, 0.25) is 0 Å². The van der Waals surface area contributed by atoms with Crippen LogP contribution < -0.4 is 5.32 Å². The lowest BCUT2D eigenvalue weighted by molar-refractivity contribution is 0.170. The second kappa shape index (κ2) is 6.33.